The third-order valence-electron chi connectivity index (χ3n) is 4.27. The standard InChI is InChI=1S/C16H25N7O/c1-4-8-22-10-13(11(2)21-22)16(24)18-12(3)15-20-19-14-5-6-17-7-9-23(14)15/h10,12,17H,4-9H2,1-3H3,(H,18,24). The van der Waals surface area contributed by atoms with Gasteiger partial charge in [-0.1, -0.05) is 6.92 Å². The SMILES string of the molecule is CCCn1cc(C(=O)NC(C)c2nnc3n2CCNCC3)c(C)n1. The minimum atomic E-state index is -0.203. The third-order valence-corrected chi connectivity index (χ3v) is 4.27. The predicted molar refractivity (Wildman–Crippen MR) is 89.7 cm³/mol. The van der Waals surface area contributed by atoms with E-state index in [-0.39, 0.29) is 11.9 Å². The Labute approximate surface area is 141 Å². The second-order valence-corrected chi connectivity index (χ2v) is 6.21. The van der Waals surface area contributed by atoms with Crippen LogP contribution in [0.5, 0.6) is 0 Å². The highest BCUT2D eigenvalue weighted by molar-refractivity contribution is 5.95. The number of fused-ring (bicyclic) bond motifs is 1. The Hall–Kier alpha value is -2.22. The van der Waals surface area contributed by atoms with Crippen molar-refractivity contribution in [3.63, 3.8) is 0 Å². The monoisotopic (exact) mass is 331 g/mol. The molecular formula is C16H25N7O. The fourth-order valence-corrected chi connectivity index (χ4v) is 3.04. The highest BCUT2D eigenvalue weighted by Crippen LogP contribution is 2.15. The molecule has 1 unspecified atom stereocenters. The summed E-state index contributed by atoms with van der Waals surface area (Å²) in [6.07, 6.45) is 3.66. The fourth-order valence-electron chi connectivity index (χ4n) is 3.04. The van der Waals surface area contributed by atoms with Crippen molar-refractivity contribution in [1.82, 2.24) is 35.2 Å². The molecule has 0 saturated carbocycles. The van der Waals surface area contributed by atoms with Gasteiger partial charge < -0.3 is 15.2 Å². The predicted octanol–water partition coefficient (Wildman–Crippen LogP) is 0.830. The average molecular weight is 331 g/mol. The van der Waals surface area contributed by atoms with Crippen LogP contribution in [0.3, 0.4) is 0 Å². The molecule has 130 valence electrons. The van der Waals surface area contributed by atoms with E-state index in [1.54, 1.807) is 0 Å². The van der Waals surface area contributed by atoms with Crippen molar-refractivity contribution in [3.8, 4) is 0 Å². The molecule has 1 aliphatic heterocycles. The lowest BCUT2D eigenvalue weighted by Gasteiger charge is -2.15. The summed E-state index contributed by atoms with van der Waals surface area (Å²) < 4.78 is 3.93. The summed E-state index contributed by atoms with van der Waals surface area (Å²) in [6, 6.07) is -0.203. The number of nitrogens with one attached hydrogen (secondary N) is 2. The zero-order valence-corrected chi connectivity index (χ0v) is 14.5. The first-order valence-corrected chi connectivity index (χ1v) is 8.57. The van der Waals surface area contributed by atoms with E-state index >= 15 is 0 Å². The van der Waals surface area contributed by atoms with Gasteiger partial charge in [-0.05, 0) is 20.3 Å². The van der Waals surface area contributed by atoms with Crippen molar-refractivity contribution in [2.24, 2.45) is 0 Å². The van der Waals surface area contributed by atoms with Crippen LogP contribution in [0.1, 0.15) is 54.0 Å². The first kappa shape index (κ1) is 16.6. The van der Waals surface area contributed by atoms with E-state index in [1.165, 1.54) is 0 Å². The summed E-state index contributed by atoms with van der Waals surface area (Å²) >= 11 is 0. The first-order valence-electron chi connectivity index (χ1n) is 8.57. The Morgan fingerprint density at radius 3 is 3.04 bits per heavy atom. The van der Waals surface area contributed by atoms with Crippen LogP contribution in [0.25, 0.3) is 0 Å². The van der Waals surface area contributed by atoms with E-state index in [9.17, 15) is 4.79 Å². The molecule has 0 aliphatic carbocycles. The zero-order valence-electron chi connectivity index (χ0n) is 14.5. The van der Waals surface area contributed by atoms with Crippen molar-refractivity contribution >= 4 is 5.91 Å². The number of nitrogens with zero attached hydrogens (tertiary/aromatic N) is 5. The van der Waals surface area contributed by atoms with Gasteiger partial charge >= 0.3 is 0 Å². The molecule has 2 N–H and O–H groups in total. The van der Waals surface area contributed by atoms with Crippen molar-refractivity contribution < 1.29 is 4.79 Å². The van der Waals surface area contributed by atoms with Gasteiger partial charge in [0.2, 0.25) is 0 Å². The summed E-state index contributed by atoms with van der Waals surface area (Å²) in [7, 11) is 0. The molecule has 24 heavy (non-hydrogen) atoms. The molecule has 2 aromatic rings. The maximum atomic E-state index is 12.6. The Morgan fingerprint density at radius 2 is 2.25 bits per heavy atom. The third kappa shape index (κ3) is 3.33. The van der Waals surface area contributed by atoms with Gasteiger partial charge in [-0.3, -0.25) is 9.48 Å². The molecule has 0 saturated heterocycles. The second-order valence-electron chi connectivity index (χ2n) is 6.21. The van der Waals surface area contributed by atoms with Gasteiger partial charge in [-0.25, -0.2) is 0 Å². The highest BCUT2D eigenvalue weighted by Gasteiger charge is 2.22. The molecule has 1 atom stereocenters. The van der Waals surface area contributed by atoms with Crippen molar-refractivity contribution in [1.29, 1.82) is 0 Å². The number of rotatable bonds is 5. The summed E-state index contributed by atoms with van der Waals surface area (Å²) in [5, 5.41) is 19.3. The van der Waals surface area contributed by atoms with Crippen molar-refractivity contribution in [3.05, 3.63) is 29.1 Å². The van der Waals surface area contributed by atoms with Crippen LogP contribution in [0.2, 0.25) is 0 Å². The zero-order chi connectivity index (χ0) is 17.1. The van der Waals surface area contributed by atoms with E-state index in [1.807, 2.05) is 24.7 Å². The van der Waals surface area contributed by atoms with Gasteiger partial charge in [0.1, 0.15) is 5.82 Å². The Balaban J connectivity index is 1.74. The van der Waals surface area contributed by atoms with Crippen molar-refractivity contribution in [2.45, 2.75) is 52.7 Å². The van der Waals surface area contributed by atoms with Gasteiger partial charge in [0, 0.05) is 38.8 Å². The Morgan fingerprint density at radius 1 is 1.42 bits per heavy atom. The smallest absolute Gasteiger partial charge is 0.255 e. The fraction of sp³-hybridized carbons (Fsp3) is 0.625. The lowest BCUT2D eigenvalue weighted by Crippen LogP contribution is -2.29. The number of hydrogen-bond donors (Lipinski definition) is 2. The second kappa shape index (κ2) is 7.12. The molecule has 0 bridgehead atoms. The molecule has 0 fully saturated rings. The minimum Gasteiger partial charge on any atom is -0.342 e. The molecule has 0 radical (unpaired) electrons. The van der Waals surface area contributed by atoms with Gasteiger partial charge in [-0.2, -0.15) is 5.10 Å². The Kier molecular flexibility index (Phi) is 4.94. The van der Waals surface area contributed by atoms with E-state index < -0.39 is 0 Å². The summed E-state index contributed by atoms with van der Waals surface area (Å²) in [4.78, 5) is 12.6. The summed E-state index contributed by atoms with van der Waals surface area (Å²) in [6.45, 7) is 9.33. The number of carbonyl (C=O) groups excluding carboxylic acids is 1. The average Bonchev–Trinajstić information content (AvgIpc) is 3.03. The summed E-state index contributed by atoms with van der Waals surface area (Å²) in [5.74, 6) is 1.66. The molecule has 3 rings (SSSR count). The van der Waals surface area contributed by atoms with E-state index in [0.717, 1.165) is 56.4 Å². The van der Waals surface area contributed by atoms with Crippen LogP contribution < -0.4 is 10.6 Å². The Bertz CT molecular complexity index is 718. The van der Waals surface area contributed by atoms with E-state index in [2.05, 4.69) is 37.4 Å². The lowest BCUT2D eigenvalue weighted by atomic mass is 10.2. The quantitative estimate of drug-likeness (QED) is 0.847. The van der Waals surface area contributed by atoms with Crippen LogP contribution >= 0.6 is 0 Å². The number of aryl methyl sites for hydroxylation is 2. The van der Waals surface area contributed by atoms with Crippen LogP contribution in [0, 0.1) is 6.92 Å². The first-order chi connectivity index (χ1) is 11.6. The molecule has 8 heteroatoms. The van der Waals surface area contributed by atoms with Crippen LogP contribution in [-0.2, 0) is 19.5 Å². The normalized spacial score (nSPS) is 15.6. The molecule has 0 spiro atoms. The number of carbonyl (C=O) groups is 1. The molecule has 2 aromatic heterocycles. The maximum absolute atomic E-state index is 12.6. The minimum absolute atomic E-state index is 0.119. The highest BCUT2D eigenvalue weighted by atomic mass is 16.1. The van der Waals surface area contributed by atoms with Gasteiger partial charge in [-0.15, -0.1) is 10.2 Å². The number of hydrogen-bond acceptors (Lipinski definition) is 5. The number of aromatic nitrogens is 5. The largest absolute Gasteiger partial charge is 0.342 e. The number of amides is 1. The van der Waals surface area contributed by atoms with Crippen LogP contribution in [-0.4, -0.2) is 43.5 Å². The lowest BCUT2D eigenvalue weighted by molar-refractivity contribution is 0.0937. The van der Waals surface area contributed by atoms with Gasteiger partial charge in [0.15, 0.2) is 5.82 Å². The van der Waals surface area contributed by atoms with Gasteiger partial charge in [0.25, 0.3) is 5.91 Å². The molecule has 8 nitrogen and oxygen atoms in total. The summed E-state index contributed by atoms with van der Waals surface area (Å²) in [5.41, 5.74) is 1.37. The molecule has 3 heterocycles. The van der Waals surface area contributed by atoms with Crippen LogP contribution in [0.15, 0.2) is 6.20 Å². The molecule has 0 aromatic carbocycles. The molecule has 1 amide bonds. The topological polar surface area (TPSA) is 89.7 Å². The molecule has 1 aliphatic rings. The van der Waals surface area contributed by atoms with E-state index in [0.29, 0.717) is 5.56 Å². The maximum Gasteiger partial charge on any atom is 0.255 e. The van der Waals surface area contributed by atoms with Gasteiger partial charge in [0.05, 0.1) is 17.3 Å². The van der Waals surface area contributed by atoms with Crippen molar-refractivity contribution in [2.75, 3.05) is 13.1 Å². The van der Waals surface area contributed by atoms with Crippen LogP contribution in [0.4, 0.5) is 0 Å². The van der Waals surface area contributed by atoms with E-state index in [4.69, 9.17) is 0 Å². The molecular weight excluding hydrogens is 306 g/mol.